The smallest absolute Gasteiger partial charge is 0.313 e. The van der Waals surface area contributed by atoms with Crippen molar-refractivity contribution in [1.29, 1.82) is 0 Å². The predicted molar refractivity (Wildman–Crippen MR) is 68.6 cm³/mol. The monoisotopic (exact) mass is 260 g/mol. The predicted octanol–water partition coefficient (Wildman–Crippen LogP) is 1.85. The number of rotatable bonds is 4. The van der Waals surface area contributed by atoms with E-state index in [-0.39, 0.29) is 18.0 Å². The van der Waals surface area contributed by atoms with Crippen LogP contribution in [0.25, 0.3) is 0 Å². The largest absolute Gasteiger partial charge is 0.480 e. The fraction of sp³-hybridized carbons (Fsp3) is 0.167. The molecule has 0 bridgehead atoms. The van der Waals surface area contributed by atoms with E-state index in [9.17, 15) is 10.1 Å². The summed E-state index contributed by atoms with van der Waals surface area (Å²) in [5.41, 5.74) is 6.47. The van der Waals surface area contributed by atoms with Gasteiger partial charge in [-0.3, -0.25) is 15.1 Å². The molecule has 0 aliphatic rings. The molecule has 2 aromatic rings. The molecule has 1 aromatic heterocycles. The summed E-state index contributed by atoms with van der Waals surface area (Å²) in [4.78, 5) is 18.4. The van der Waals surface area contributed by atoms with Crippen LogP contribution >= 0.6 is 0 Å². The molecule has 7 nitrogen and oxygen atoms in total. The number of para-hydroxylation sites is 1. The summed E-state index contributed by atoms with van der Waals surface area (Å²) < 4.78 is 5.42. The van der Waals surface area contributed by atoms with Gasteiger partial charge in [-0.25, -0.2) is 4.98 Å². The number of aromatic nitrogens is 2. The average Bonchev–Trinajstić information content (AvgIpc) is 2.37. The van der Waals surface area contributed by atoms with Crippen molar-refractivity contribution < 1.29 is 9.66 Å². The normalized spacial score (nSPS) is 10.2. The number of nitro groups is 1. The number of aryl methyl sites for hydroxylation is 1. The van der Waals surface area contributed by atoms with Gasteiger partial charge in [0.25, 0.3) is 0 Å². The molecule has 0 radical (unpaired) electrons. The maximum atomic E-state index is 11.0. The first kappa shape index (κ1) is 12.7. The van der Waals surface area contributed by atoms with E-state index >= 15 is 0 Å². The van der Waals surface area contributed by atoms with Crippen molar-refractivity contribution >= 4 is 11.5 Å². The molecule has 0 saturated carbocycles. The van der Waals surface area contributed by atoms with Gasteiger partial charge < -0.3 is 10.5 Å². The minimum Gasteiger partial charge on any atom is -0.480 e. The van der Waals surface area contributed by atoms with Gasteiger partial charge in [0.05, 0.1) is 23.0 Å². The van der Waals surface area contributed by atoms with Gasteiger partial charge in [-0.15, -0.1) is 0 Å². The zero-order valence-electron chi connectivity index (χ0n) is 10.2. The highest BCUT2D eigenvalue weighted by Crippen LogP contribution is 2.30. The summed E-state index contributed by atoms with van der Waals surface area (Å²) in [5.74, 6) is 0.522. The molecular formula is C12H12N4O3. The fourth-order valence-electron chi connectivity index (χ4n) is 1.57. The van der Waals surface area contributed by atoms with Crippen LogP contribution < -0.4 is 10.5 Å². The number of benzene rings is 1. The molecule has 1 aromatic carbocycles. The molecule has 19 heavy (non-hydrogen) atoms. The molecule has 0 fully saturated rings. The molecule has 2 N–H and O–H groups in total. The molecule has 2 rings (SSSR count). The standard InChI is InChI=1S/C12H12N4O3/c1-8-3-2-4-10(12(8)16(17)18)19-7-9-5-15-11(13)6-14-9/h2-6H,7H2,1H3,(H2,13,15). The topological polar surface area (TPSA) is 104 Å². The van der Waals surface area contributed by atoms with Gasteiger partial charge in [-0.05, 0) is 13.0 Å². The molecule has 0 saturated heterocycles. The molecule has 1 heterocycles. The van der Waals surface area contributed by atoms with Gasteiger partial charge in [-0.1, -0.05) is 12.1 Å². The van der Waals surface area contributed by atoms with Gasteiger partial charge in [0.1, 0.15) is 12.4 Å². The number of nitrogen functional groups attached to an aromatic ring is 1. The van der Waals surface area contributed by atoms with E-state index in [1.54, 1.807) is 25.1 Å². The van der Waals surface area contributed by atoms with Crippen molar-refractivity contribution in [1.82, 2.24) is 9.97 Å². The second-order valence-electron chi connectivity index (χ2n) is 3.90. The van der Waals surface area contributed by atoms with Crippen molar-refractivity contribution in [3.8, 4) is 5.75 Å². The third-order valence-electron chi connectivity index (χ3n) is 2.48. The average molecular weight is 260 g/mol. The van der Waals surface area contributed by atoms with Crippen molar-refractivity contribution in [3.05, 3.63) is 52.0 Å². The molecule has 7 heteroatoms. The Bertz CT molecular complexity index is 598. The van der Waals surface area contributed by atoms with Gasteiger partial charge >= 0.3 is 5.69 Å². The van der Waals surface area contributed by atoms with Crippen molar-refractivity contribution in [3.63, 3.8) is 0 Å². The Hall–Kier alpha value is -2.70. The number of ether oxygens (including phenoxy) is 1. The molecular weight excluding hydrogens is 248 g/mol. The Morgan fingerprint density at radius 2 is 2.16 bits per heavy atom. The van der Waals surface area contributed by atoms with Crippen molar-refractivity contribution in [2.45, 2.75) is 13.5 Å². The first-order valence-corrected chi connectivity index (χ1v) is 5.51. The molecule has 0 aliphatic carbocycles. The lowest BCUT2D eigenvalue weighted by Crippen LogP contribution is -2.03. The van der Waals surface area contributed by atoms with Crippen LogP contribution in [0.2, 0.25) is 0 Å². The summed E-state index contributed by atoms with van der Waals surface area (Å²) in [6.45, 7) is 1.76. The number of hydrogen-bond acceptors (Lipinski definition) is 6. The lowest BCUT2D eigenvalue weighted by atomic mass is 10.2. The lowest BCUT2D eigenvalue weighted by molar-refractivity contribution is -0.386. The van der Waals surface area contributed by atoms with Gasteiger partial charge in [0.15, 0.2) is 5.75 Å². The Morgan fingerprint density at radius 3 is 2.79 bits per heavy atom. The zero-order valence-corrected chi connectivity index (χ0v) is 10.2. The highest BCUT2D eigenvalue weighted by atomic mass is 16.6. The Balaban J connectivity index is 2.18. The van der Waals surface area contributed by atoms with E-state index in [1.807, 2.05) is 0 Å². The second kappa shape index (κ2) is 5.30. The zero-order chi connectivity index (χ0) is 13.8. The van der Waals surface area contributed by atoms with E-state index < -0.39 is 4.92 Å². The van der Waals surface area contributed by atoms with E-state index in [0.29, 0.717) is 17.1 Å². The highest BCUT2D eigenvalue weighted by Gasteiger charge is 2.18. The molecule has 0 amide bonds. The van der Waals surface area contributed by atoms with Crippen LogP contribution in [0.5, 0.6) is 5.75 Å². The van der Waals surface area contributed by atoms with Crippen LogP contribution in [0, 0.1) is 17.0 Å². The Kier molecular flexibility index (Phi) is 3.56. The SMILES string of the molecule is Cc1cccc(OCc2cnc(N)cn2)c1[N+](=O)[O-]. The quantitative estimate of drug-likeness (QED) is 0.664. The van der Waals surface area contributed by atoms with Crippen molar-refractivity contribution in [2.75, 3.05) is 5.73 Å². The number of nitro benzene ring substituents is 1. The highest BCUT2D eigenvalue weighted by molar-refractivity contribution is 5.52. The summed E-state index contributed by atoms with van der Waals surface area (Å²) >= 11 is 0. The summed E-state index contributed by atoms with van der Waals surface area (Å²) in [5, 5.41) is 11.0. The molecule has 0 atom stereocenters. The number of anilines is 1. The van der Waals surface area contributed by atoms with Gasteiger partial charge in [0.2, 0.25) is 0 Å². The minimum atomic E-state index is -0.459. The number of nitrogens with zero attached hydrogens (tertiary/aromatic N) is 3. The van der Waals surface area contributed by atoms with Crippen LogP contribution in [0.1, 0.15) is 11.3 Å². The van der Waals surface area contributed by atoms with Crippen LogP contribution in [-0.4, -0.2) is 14.9 Å². The van der Waals surface area contributed by atoms with Crippen LogP contribution in [0.3, 0.4) is 0 Å². The second-order valence-corrected chi connectivity index (χ2v) is 3.90. The van der Waals surface area contributed by atoms with Crippen molar-refractivity contribution in [2.24, 2.45) is 0 Å². The third kappa shape index (κ3) is 2.95. The van der Waals surface area contributed by atoms with E-state index in [1.165, 1.54) is 12.4 Å². The summed E-state index contributed by atoms with van der Waals surface area (Å²) in [6, 6.07) is 4.91. The summed E-state index contributed by atoms with van der Waals surface area (Å²) in [7, 11) is 0. The van der Waals surface area contributed by atoms with E-state index in [0.717, 1.165) is 0 Å². The molecule has 0 aliphatic heterocycles. The van der Waals surface area contributed by atoms with E-state index in [2.05, 4.69) is 9.97 Å². The van der Waals surface area contributed by atoms with E-state index in [4.69, 9.17) is 10.5 Å². The summed E-state index contributed by atoms with van der Waals surface area (Å²) in [6.07, 6.45) is 2.88. The minimum absolute atomic E-state index is 0.0362. The van der Waals surface area contributed by atoms with Gasteiger partial charge in [-0.2, -0.15) is 0 Å². The Morgan fingerprint density at radius 1 is 1.37 bits per heavy atom. The lowest BCUT2D eigenvalue weighted by Gasteiger charge is -2.07. The molecule has 98 valence electrons. The third-order valence-corrected chi connectivity index (χ3v) is 2.48. The first-order valence-electron chi connectivity index (χ1n) is 5.51. The van der Waals surface area contributed by atoms with Crippen LogP contribution in [0.4, 0.5) is 11.5 Å². The number of nitrogens with two attached hydrogens (primary N) is 1. The maximum absolute atomic E-state index is 11.0. The first-order chi connectivity index (χ1) is 9.08. The Labute approximate surface area is 109 Å². The fourth-order valence-corrected chi connectivity index (χ4v) is 1.57. The van der Waals surface area contributed by atoms with Gasteiger partial charge in [0, 0.05) is 5.56 Å². The molecule has 0 unspecified atom stereocenters. The number of hydrogen-bond donors (Lipinski definition) is 1. The van der Waals surface area contributed by atoms with Crippen LogP contribution in [0.15, 0.2) is 30.6 Å². The van der Waals surface area contributed by atoms with Crippen LogP contribution in [-0.2, 0) is 6.61 Å². The molecule has 0 spiro atoms. The maximum Gasteiger partial charge on any atom is 0.313 e.